The van der Waals surface area contributed by atoms with Gasteiger partial charge in [0.05, 0.1) is 22.4 Å². The molecule has 2 saturated heterocycles. The molecule has 0 saturated carbocycles. The van der Waals surface area contributed by atoms with Crippen LogP contribution < -0.4 is 21.3 Å². The van der Waals surface area contributed by atoms with Crippen LogP contribution >= 0.6 is 0 Å². The molecule has 3 amide bonds. The second-order valence-electron chi connectivity index (χ2n) is 15.3. The summed E-state index contributed by atoms with van der Waals surface area (Å²) in [5, 5.41) is 12.1. The van der Waals surface area contributed by atoms with E-state index in [0.29, 0.717) is 23.2 Å². The molecule has 2 fully saturated rings. The van der Waals surface area contributed by atoms with Gasteiger partial charge in [0.25, 0.3) is 0 Å². The summed E-state index contributed by atoms with van der Waals surface area (Å²) in [6, 6.07) is 11.6. The normalized spacial score (nSPS) is 15.8. The second-order valence-corrected chi connectivity index (χ2v) is 15.3. The highest BCUT2D eigenvalue weighted by molar-refractivity contribution is 5.99. The van der Waals surface area contributed by atoms with Crippen LogP contribution in [-0.4, -0.2) is 60.2 Å². The zero-order valence-electron chi connectivity index (χ0n) is 32.0. The van der Waals surface area contributed by atoms with Gasteiger partial charge in [-0.1, -0.05) is 41.5 Å². The van der Waals surface area contributed by atoms with Crippen LogP contribution in [0.4, 0.5) is 22.7 Å². The van der Waals surface area contributed by atoms with Crippen LogP contribution in [0.1, 0.15) is 99.7 Å². The quantitative estimate of drug-likeness (QED) is 0.150. The molecule has 280 valence electrons. The maximum Gasteiger partial charge on any atom is 0.230 e. The lowest BCUT2D eigenvalue weighted by Crippen LogP contribution is -2.30. The molecule has 0 atom stereocenters. The van der Waals surface area contributed by atoms with Crippen LogP contribution in [0.5, 0.6) is 0 Å². The van der Waals surface area contributed by atoms with Crippen LogP contribution in [0.2, 0.25) is 0 Å². The largest absolute Gasteiger partial charge is 0.383 e. The van der Waals surface area contributed by atoms with Crippen LogP contribution in [0.3, 0.4) is 0 Å². The van der Waals surface area contributed by atoms with Gasteiger partial charge in [-0.05, 0) is 86.8 Å². The Bertz CT molecular complexity index is 1640. The van der Waals surface area contributed by atoms with Gasteiger partial charge >= 0.3 is 0 Å². The predicted octanol–water partition coefficient (Wildman–Crippen LogP) is 7.97. The first-order valence-corrected chi connectivity index (χ1v) is 18.6. The third-order valence-electron chi connectivity index (χ3n) is 10.3. The van der Waals surface area contributed by atoms with Gasteiger partial charge in [0.1, 0.15) is 5.82 Å². The highest BCUT2D eigenvalue weighted by atomic mass is 16.5. The van der Waals surface area contributed by atoms with E-state index in [1.165, 1.54) is 13.8 Å². The van der Waals surface area contributed by atoms with E-state index < -0.39 is 5.41 Å². The van der Waals surface area contributed by atoms with Crippen LogP contribution in [0.25, 0.3) is 11.0 Å². The van der Waals surface area contributed by atoms with Crippen molar-refractivity contribution in [1.29, 1.82) is 0 Å². The number of benzene rings is 2. The summed E-state index contributed by atoms with van der Waals surface area (Å²) in [7, 11) is 0. The molecule has 2 aliphatic heterocycles. The molecule has 2 aliphatic rings. The third kappa shape index (κ3) is 11.3. The van der Waals surface area contributed by atoms with Gasteiger partial charge in [-0.25, -0.2) is 4.98 Å². The lowest BCUT2D eigenvalue weighted by atomic mass is 9.89. The number of anilines is 4. The Morgan fingerprint density at radius 1 is 0.765 bits per heavy atom. The number of hydrogen-bond acceptors (Lipinski definition) is 7. The van der Waals surface area contributed by atoms with Gasteiger partial charge in [-0.2, -0.15) is 0 Å². The van der Waals surface area contributed by atoms with Crippen LogP contribution in [0, 0.1) is 17.3 Å². The molecular weight excluding hydrogens is 644 g/mol. The van der Waals surface area contributed by atoms with Gasteiger partial charge < -0.3 is 35.3 Å². The fourth-order valence-electron chi connectivity index (χ4n) is 6.20. The summed E-state index contributed by atoms with van der Waals surface area (Å²) in [6.45, 7) is 20.7. The van der Waals surface area contributed by atoms with Crippen molar-refractivity contribution in [3.8, 4) is 0 Å². The maximum absolute atomic E-state index is 12.6. The average Bonchev–Trinajstić information content (AvgIpc) is 3.46. The molecule has 4 N–H and O–H groups in total. The minimum atomic E-state index is -0.456. The number of fused-ring (bicyclic) bond motifs is 1. The number of rotatable bonds is 12. The van der Waals surface area contributed by atoms with Crippen molar-refractivity contribution in [2.24, 2.45) is 17.3 Å². The smallest absolute Gasteiger partial charge is 0.230 e. The molecule has 0 spiro atoms. The first-order valence-electron chi connectivity index (χ1n) is 18.6. The molecule has 5 rings (SSSR count). The Balaban J connectivity index is 0.000000229. The fourth-order valence-corrected chi connectivity index (χ4v) is 6.20. The van der Waals surface area contributed by atoms with Gasteiger partial charge in [0.15, 0.2) is 0 Å². The summed E-state index contributed by atoms with van der Waals surface area (Å²) in [5.74, 6) is 2.10. The van der Waals surface area contributed by atoms with Crippen LogP contribution in [-0.2, 0) is 35.8 Å². The predicted molar refractivity (Wildman–Crippen MR) is 206 cm³/mol. The summed E-state index contributed by atoms with van der Waals surface area (Å²) >= 11 is 0. The summed E-state index contributed by atoms with van der Waals surface area (Å²) < 4.78 is 13.3. The summed E-state index contributed by atoms with van der Waals surface area (Å²) in [5.41, 5.74) is 4.68. The maximum atomic E-state index is 12.6. The Morgan fingerprint density at radius 2 is 1.33 bits per heavy atom. The first-order chi connectivity index (χ1) is 24.2. The Kier molecular flexibility index (Phi) is 14.1. The SMILES string of the molecule is CCC(C)(C)C(=O)Nc1cc(NC(C)=O)ccc1NCC1CCOCC1.CCC(C)(C)c1nc2cc(NC(C)=O)ccc2n1CC1CCOCC1. The molecule has 51 heavy (non-hydrogen) atoms. The Morgan fingerprint density at radius 3 is 1.90 bits per heavy atom. The minimum absolute atomic E-state index is 0.0123. The number of carbonyl (C=O) groups excluding carboxylic acids is 3. The molecule has 0 aliphatic carbocycles. The monoisotopic (exact) mass is 704 g/mol. The molecule has 3 aromatic rings. The van der Waals surface area contributed by atoms with Crippen LogP contribution in [0.15, 0.2) is 36.4 Å². The average molecular weight is 705 g/mol. The van der Waals surface area contributed by atoms with E-state index in [1.54, 1.807) is 6.07 Å². The molecule has 2 aromatic carbocycles. The number of amides is 3. The van der Waals surface area contributed by atoms with Gasteiger partial charge in [-0.15, -0.1) is 0 Å². The van der Waals surface area contributed by atoms with E-state index >= 15 is 0 Å². The van der Waals surface area contributed by atoms with Crippen molar-refractivity contribution in [3.05, 3.63) is 42.2 Å². The van der Waals surface area contributed by atoms with Crippen molar-refractivity contribution in [1.82, 2.24) is 9.55 Å². The first kappa shape index (κ1) is 39.8. The molecular formula is C40H60N6O5. The lowest BCUT2D eigenvalue weighted by molar-refractivity contribution is -0.124. The molecule has 0 unspecified atom stereocenters. The summed E-state index contributed by atoms with van der Waals surface area (Å²) in [6.07, 6.45) is 6.08. The lowest BCUT2D eigenvalue weighted by Gasteiger charge is -2.28. The van der Waals surface area contributed by atoms with Crippen molar-refractivity contribution in [3.63, 3.8) is 0 Å². The minimum Gasteiger partial charge on any atom is -0.383 e. The van der Waals surface area contributed by atoms with Gasteiger partial charge in [0, 0.05) is 75.6 Å². The second kappa shape index (κ2) is 18.0. The summed E-state index contributed by atoms with van der Waals surface area (Å²) in [4.78, 5) is 40.3. The van der Waals surface area contributed by atoms with Crippen molar-refractivity contribution >= 4 is 51.5 Å². The number of carbonyl (C=O) groups is 3. The molecule has 1 aromatic heterocycles. The number of imidazole rings is 1. The highest BCUT2D eigenvalue weighted by Gasteiger charge is 2.28. The zero-order valence-corrected chi connectivity index (χ0v) is 32.0. The molecule has 3 heterocycles. The van der Waals surface area contributed by atoms with Crippen molar-refractivity contribution < 1.29 is 23.9 Å². The van der Waals surface area contributed by atoms with E-state index in [1.807, 2.05) is 45.0 Å². The standard InChI is InChI=1S/C20H31N3O3.C20H29N3O2/c1-5-20(3,4)19(25)23-18-12-16(22-14(2)24)6-7-17(18)21-13-15-8-10-26-11-9-15;1-5-20(3,4)19-22-17-12-16(21-14(2)24)6-7-18(17)23(19)13-15-8-10-25-11-9-15/h6-7,12,15,21H,5,8-11,13H2,1-4H3,(H,22,24)(H,23,25);6-7,12,15H,5,8-11,13H2,1-4H3,(H,21,24). The molecule has 11 nitrogen and oxygen atoms in total. The molecule has 11 heteroatoms. The third-order valence-corrected chi connectivity index (χ3v) is 10.3. The number of nitrogens with zero attached hydrogens (tertiary/aromatic N) is 2. The van der Waals surface area contributed by atoms with E-state index in [2.05, 4.69) is 52.7 Å². The van der Waals surface area contributed by atoms with E-state index in [0.717, 1.165) is 106 Å². The van der Waals surface area contributed by atoms with E-state index in [-0.39, 0.29) is 23.1 Å². The molecule has 0 radical (unpaired) electrons. The van der Waals surface area contributed by atoms with Gasteiger partial charge in [-0.3, -0.25) is 14.4 Å². The number of ether oxygens (including phenoxy) is 2. The van der Waals surface area contributed by atoms with Crippen molar-refractivity contribution in [2.45, 2.75) is 106 Å². The Hall–Kier alpha value is -3.96. The number of hydrogen-bond donors (Lipinski definition) is 4. The molecule has 0 bridgehead atoms. The fraction of sp³-hybridized carbons (Fsp3) is 0.600. The Labute approximate surface area is 304 Å². The topological polar surface area (TPSA) is 136 Å². The van der Waals surface area contributed by atoms with E-state index in [9.17, 15) is 14.4 Å². The van der Waals surface area contributed by atoms with Crippen molar-refractivity contribution in [2.75, 3.05) is 54.2 Å². The van der Waals surface area contributed by atoms with E-state index in [4.69, 9.17) is 14.5 Å². The van der Waals surface area contributed by atoms with Gasteiger partial charge in [0.2, 0.25) is 17.7 Å². The number of nitrogens with one attached hydrogen (secondary N) is 4. The highest BCUT2D eigenvalue weighted by Crippen LogP contribution is 2.33. The zero-order chi connectivity index (χ0) is 37.2. The number of aromatic nitrogens is 2.